The van der Waals surface area contributed by atoms with Crippen LogP contribution in [-0.4, -0.2) is 28.9 Å². The number of amides is 1. The molecule has 4 heteroatoms. The molecular weight excluding hydrogens is 232 g/mol. The molecule has 1 aromatic rings. The fraction of sp³-hybridized carbons (Fsp3) is 0.692. The molecule has 1 fully saturated rings. The molecule has 0 aliphatic heterocycles. The highest BCUT2D eigenvalue weighted by Gasteiger charge is 2.26. The Hall–Kier alpha value is -0.900. The minimum Gasteiger partial charge on any atom is -0.337 e. The smallest absolute Gasteiger partial charge is 0.273 e. The third-order valence-electron chi connectivity index (χ3n) is 3.69. The highest BCUT2D eigenvalue weighted by Crippen LogP contribution is 2.27. The molecule has 1 saturated carbocycles. The molecule has 0 N–H and O–H groups in total. The first-order chi connectivity index (χ1) is 8.08. The van der Waals surface area contributed by atoms with E-state index in [1.54, 1.807) is 0 Å². The molecule has 0 spiro atoms. The average Bonchev–Trinajstić information content (AvgIpc) is 2.75. The van der Waals surface area contributed by atoms with Crippen LogP contribution in [0.3, 0.4) is 0 Å². The van der Waals surface area contributed by atoms with E-state index in [-0.39, 0.29) is 5.91 Å². The van der Waals surface area contributed by atoms with E-state index in [0.29, 0.717) is 11.7 Å². The van der Waals surface area contributed by atoms with Gasteiger partial charge in [-0.05, 0) is 38.5 Å². The third kappa shape index (κ3) is 2.86. The molecule has 0 radical (unpaired) electrons. The Labute approximate surface area is 107 Å². The molecule has 1 amide bonds. The minimum atomic E-state index is 0.0777. The topological polar surface area (TPSA) is 33.2 Å². The zero-order valence-electron chi connectivity index (χ0n) is 10.8. The van der Waals surface area contributed by atoms with Crippen LogP contribution in [0.15, 0.2) is 5.38 Å². The van der Waals surface area contributed by atoms with Crippen LogP contribution in [0.25, 0.3) is 0 Å². The van der Waals surface area contributed by atoms with Crippen LogP contribution < -0.4 is 0 Å². The first kappa shape index (κ1) is 12.6. The molecule has 1 aliphatic rings. The van der Waals surface area contributed by atoms with E-state index < -0.39 is 0 Å². The van der Waals surface area contributed by atoms with Gasteiger partial charge in [0.15, 0.2) is 0 Å². The Morgan fingerprint density at radius 3 is 2.59 bits per heavy atom. The summed E-state index contributed by atoms with van der Waals surface area (Å²) in [5, 5.41) is 2.82. The molecule has 0 aromatic carbocycles. The number of nitrogens with zero attached hydrogens (tertiary/aromatic N) is 2. The van der Waals surface area contributed by atoms with Crippen molar-refractivity contribution in [3.05, 3.63) is 16.1 Å². The van der Waals surface area contributed by atoms with Crippen molar-refractivity contribution < 1.29 is 4.79 Å². The Balaban J connectivity index is 2.00. The maximum Gasteiger partial charge on any atom is 0.273 e. The van der Waals surface area contributed by atoms with E-state index in [2.05, 4.69) is 11.9 Å². The van der Waals surface area contributed by atoms with Crippen molar-refractivity contribution in [2.24, 2.45) is 5.92 Å². The molecule has 2 rings (SSSR count). The summed E-state index contributed by atoms with van der Waals surface area (Å²) in [5.41, 5.74) is 0.605. The zero-order valence-corrected chi connectivity index (χ0v) is 11.6. The number of aryl methyl sites for hydroxylation is 1. The fourth-order valence-electron chi connectivity index (χ4n) is 2.44. The molecule has 1 aromatic heterocycles. The van der Waals surface area contributed by atoms with Crippen molar-refractivity contribution in [3.8, 4) is 0 Å². The molecule has 3 nitrogen and oxygen atoms in total. The third-order valence-corrected chi connectivity index (χ3v) is 4.47. The van der Waals surface area contributed by atoms with E-state index in [9.17, 15) is 4.79 Å². The average molecular weight is 252 g/mol. The van der Waals surface area contributed by atoms with Gasteiger partial charge >= 0.3 is 0 Å². The second-order valence-electron chi connectivity index (χ2n) is 5.08. The lowest BCUT2D eigenvalue weighted by Crippen LogP contribution is -2.39. The lowest BCUT2D eigenvalue weighted by molar-refractivity contribution is 0.0674. The number of hydrogen-bond donors (Lipinski definition) is 0. The van der Waals surface area contributed by atoms with Gasteiger partial charge in [0.05, 0.1) is 5.01 Å². The first-order valence-electron chi connectivity index (χ1n) is 6.27. The molecule has 0 saturated heterocycles. The van der Waals surface area contributed by atoms with Crippen molar-refractivity contribution in [1.29, 1.82) is 0 Å². The number of carbonyl (C=O) groups excluding carboxylic acids is 1. The summed E-state index contributed by atoms with van der Waals surface area (Å²) in [4.78, 5) is 18.4. The van der Waals surface area contributed by atoms with Gasteiger partial charge in [-0.25, -0.2) is 4.98 Å². The number of thiazole rings is 1. The molecule has 17 heavy (non-hydrogen) atoms. The van der Waals surface area contributed by atoms with Gasteiger partial charge < -0.3 is 4.90 Å². The quantitative estimate of drug-likeness (QED) is 0.810. The van der Waals surface area contributed by atoms with E-state index in [1.807, 2.05) is 24.3 Å². The molecule has 1 heterocycles. The van der Waals surface area contributed by atoms with Crippen LogP contribution >= 0.6 is 11.3 Å². The van der Waals surface area contributed by atoms with Crippen LogP contribution in [-0.2, 0) is 0 Å². The standard InChI is InChI=1S/C13H20N2OS/c1-9-4-6-11(7-5-9)15(3)13(16)12-8-17-10(2)14-12/h8-9,11H,4-7H2,1-3H3. The maximum atomic E-state index is 12.2. The Kier molecular flexibility index (Phi) is 3.82. The summed E-state index contributed by atoms with van der Waals surface area (Å²) in [6, 6.07) is 0.403. The largest absolute Gasteiger partial charge is 0.337 e. The fourth-order valence-corrected chi connectivity index (χ4v) is 3.02. The van der Waals surface area contributed by atoms with Gasteiger partial charge in [0.2, 0.25) is 0 Å². The first-order valence-corrected chi connectivity index (χ1v) is 7.15. The monoisotopic (exact) mass is 252 g/mol. The number of carbonyl (C=O) groups is 1. The predicted octanol–water partition coefficient (Wildman–Crippen LogP) is 3.10. The lowest BCUT2D eigenvalue weighted by atomic mass is 9.87. The van der Waals surface area contributed by atoms with Gasteiger partial charge in [-0.2, -0.15) is 0 Å². The van der Waals surface area contributed by atoms with E-state index in [4.69, 9.17) is 0 Å². The van der Waals surface area contributed by atoms with Gasteiger partial charge in [-0.15, -0.1) is 11.3 Å². The van der Waals surface area contributed by atoms with Crippen LogP contribution in [0.5, 0.6) is 0 Å². The summed E-state index contributed by atoms with van der Waals surface area (Å²) >= 11 is 1.54. The van der Waals surface area contributed by atoms with Crippen LogP contribution in [0, 0.1) is 12.8 Å². The van der Waals surface area contributed by atoms with Crippen LogP contribution in [0.2, 0.25) is 0 Å². The van der Waals surface area contributed by atoms with E-state index in [1.165, 1.54) is 24.2 Å². The van der Waals surface area contributed by atoms with Crippen molar-refractivity contribution in [2.45, 2.75) is 45.6 Å². The summed E-state index contributed by atoms with van der Waals surface area (Å²) in [7, 11) is 1.91. The van der Waals surface area contributed by atoms with Crippen molar-refractivity contribution in [1.82, 2.24) is 9.88 Å². The summed E-state index contributed by atoms with van der Waals surface area (Å²) < 4.78 is 0. The number of hydrogen-bond acceptors (Lipinski definition) is 3. The molecule has 0 unspecified atom stereocenters. The maximum absolute atomic E-state index is 12.2. The zero-order chi connectivity index (χ0) is 12.4. The SMILES string of the molecule is Cc1nc(C(=O)N(C)C2CCC(C)CC2)cs1. The molecule has 0 atom stereocenters. The summed E-state index contributed by atoms with van der Waals surface area (Å²) in [6.45, 7) is 4.23. The second kappa shape index (κ2) is 5.17. The summed E-state index contributed by atoms with van der Waals surface area (Å²) in [6.07, 6.45) is 4.73. The van der Waals surface area contributed by atoms with Gasteiger partial charge in [-0.3, -0.25) is 4.79 Å². The van der Waals surface area contributed by atoms with Crippen molar-refractivity contribution >= 4 is 17.2 Å². The van der Waals surface area contributed by atoms with Gasteiger partial charge in [0, 0.05) is 18.5 Å². The molecular formula is C13H20N2OS. The normalized spacial score (nSPS) is 24.6. The number of aromatic nitrogens is 1. The van der Waals surface area contributed by atoms with Gasteiger partial charge in [-0.1, -0.05) is 6.92 Å². The molecule has 0 bridgehead atoms. The van der Waals surface area contributed by atoms with Gasteiger partial charge in [0.1, 0.15) is 5.69 Å². The Morgan fingerprint density at radius 2 is 2.06 bits per heavy atom. The van der Waals surface area contributed by atoms with E-state index in [0.717, 1.165) is 23.8 Å². The highest BCUT2D eigenvalue weighted by atomic mass is 32.1. The highest BCUT2D eigenvalue weighted by molar-refractivity contribution is 7.09. The van der Waals surface area contributed by atoms with Crippen LogP contribution in [0.4, 0.5) is 0 Å². The Morgan fingerprint density at radius 1 is 1.41 bits per heavy atom. The number of rotatable bonds is 2. The van der Waals surface area contributed by atoms with Crippen molar-refractivity contribution in [3.63, 3.8) is 0 Å². The van der Waals surface area contributed by atoms with Crippen LogP contribution in [0.1, 0.15) is 48.1 Å². The Bertz CT molecular complexity index is 394. The minimum absolute atomic E-state index is 0.0777. The second-order valence-corrected chi connectivity index (χ2v) is 6.14. The van der Waals surface area contributed by atoms with Crippen molar-refractivity contribution in [2.75, 3.05) is 7.05 Å². The molecule has 1 aliphatic carbocycles. The van der Waals surface area contributed by atoms with E-state index >= 15 is 0 Å². The predicted molar refractivity (Wildman–Crippen MR) is 70.4 cm³/mol. The molecule has 94 valence electrons. The van der Waals surface area contributed by atoms with Gasteiger partial charge in [0.25, 0.3) is 5.91 Å². The lowest BCUT2D eigenvalue weighted by Gasteiger charge is -2.33. The summed E-state index contributed by atoms with van der Waals surface area (Å²) in [5.74, 6) is 0.894.